The fraction of sp³-hybridized carbons (Fsp3) is 0.222. The van der Waals surface area contributed by atoms with Crippen LogP contribution in [0.1, 0.15) is 6.92 Å². The molecule has 0 heterocycles. The number of benzene rings is 1. The van der Waals surface area contributed by atoms with Crippen LogP contribution in [0.5, 0.6) is 5.75 Å². The molecule has 3 nitrogen and oxygen atoms in total. The SMILES string of the molecule is CC(N)C(=O)Oc1cc(Cl)cc(Cl)c1. The quantitative estimate of drug-likeness (QED) is 0.630. The highest BCUT2D eigenvalue weighted by Gasteiger charge is 2.10. The number of ether oxygens (including phenoxy) is 1. The molecular formula is C9H9Cl2NO2. The van der Waals surface area contributed by atoms with E-state index in [9.17, 15) is 4.79 Å². The molecule has 76 valence electrons. The van der Waals surface area contributed by atoms with E-state index < -0.39 is 12.0 Å². The summed E-state index contributed by atoms with van der Waals surface area (Å²) >= 11 is 11.4. The molecule has 0 saturated carbocycles. The summed E-state index contributed by atoms with van der Waals surface area (Å²) in [6, 6.07) is 3.86. The molecule has 1 unspecified atom stereocenters. The van der Waals surface area contributed by atoms with Crippen molar-refractivity contribution in [1.29, 1.82) is 0 Å². The van der Waals surface area contributed by atoms with Gasteiger partial charge in [0.15, 0.2) is 0 Å². The number of rotatable bonds is 2. The molecule has 0 aliphatic heterocycles. The fourth-order valence-corrected chi connectivity index (χ4v) is 1.30. The van der Waals surface area contributed by atoms with Gasteiger partial charge in [0.1, 0.15) is 11.8 Å². The van der Waals surface area contributed by atoms with Gasteiger partial charge >= 0.3 is 5.97 Å². The summed E-state index contributed by atoms with van der Waals surface area (Å²) in [7, 11) is 0. The molecule has 1 rings (SSSR count). The van der Waals surface area contributed by atoms with Gasteiger partial charge in [0.05, 0.1) is 0 Å². The van der Waals surface area contributed by atoms with Crippen LogP contribution < -0.4 is 10.5 Å². The van der Waals surface area contributed by atoms with Gasteiger partial charge in [-0.1, -0.05) is 23.2 Å². The van der Waals surface area contributed by atoms with Crippen LogP contribution in [0.4, 0.5) is 0 Å². The maximum absolute atomic E-state index is 11.1. The Morgan fingerprint density at radius 2 is 1.86 bits per heavy atom. The predicted octanol–water partition coefficient (Wildman–Crippen LogP) is 2.25. The van der Waals surface area contributed by atoms with E-state index in [2.05, 4.69) is 0 Å². The molecule has 1 aromatic carbocycles. The van der Waals surface area contributed by atoms with Gasteiger partial charge in [-0.15, -0.1) is 0 Å². The number of hydrogen-bond acceptors (Lipinski definition) is 3. The van der Waals surface area contributed by atoms with E-state index in [0.29, 0.717) is 15.8 Å². The third-order valence-electron chi connectivity index (χ3n) is 1.43. The zero-order valence-corrected chi connectivity index (χ0v) is 8.97. The Morgan fingerprint density at radius 1 is 1.36 bits per heavy atom. The van der Waals surface area contributed by atoms with Gasteiger partial charge < -0.3 is 10.5 Å². The van der Waals surface area contributed by atoms with E-state index in [1.54, 1.807) is 6.07 Å². The average molecular weight is 234 g/mol. The second-order valence-electron chi connectivity index (χ2n) is 2.81. The number of esters is 1. The first-order chi connectivity index (χ1) is 6.49. The second-order valence-corrected chi connectivity index (χ2v) is 3.69. The van der Waals surface area contributed by atoms with Crippen LogP contribution >= 0.6 is 23.2 Å². The largest absolute Gasteiger partial charge is 0.425 e. The van der Waals surface area contributed by atoms with Crippen LogP contribution in [-0.4, -0.2) is 12.0 Å². The molecule has 0 fully saturated rings. The van der Waals surface area contributed by atoms with Crippen LogP contribution in [0.2, 0.25) is 10.0 Å². The van der Waals surface area contributed by atoms with Crippen molar-refractivity contribution >= 4 is 29.2 Å². The average Bonchev–Trinajstić information content (AvgIpc) is 2.01. The molecule has 5 heteroatoms. The number of halogens is 2. The van der Waals surface area contributed by atoms with Crippen molar-refractivity contribution in [3.8, 4) is 5.75 Å². The van der Waals surface area contributed by atoms with E-state index in [1.807, 2.05) is 0 Å². The summed E-state index contributed by atoms with van der Waals surface area (Å²) in [5.74, 6) is -0.229. The van der Waals surface area contributed by atoms with Crippen molar-refractivity contribution in [1.82, 2.24) is 0 Å². The van der Waals surface area contributed by atoms with Crippen LogP contribution in [0.15, 0.2) is 18.2 Å². The van der Waals surface area contributed by atoms with Crippen LogP contribution in [0.25, 0.3) is 0 Å². The molecule has 0 bridgehead atoms. The van der Waals surface area contributed by atoms with Gasteiger partial charge in [0.25, 0.3) is 0 Å². The first-order valence-electron chi connectivity index (χ1n) is 3.92. The van der Waals surface area contributed by atoms with E-state index in [-0.39, 0.29) is 0 Å². The highest BCUT2D eigenvalue weighted by atomic mass is 35.5. The third-order valence-corrected chi connectivity index (χ3v) is 1.86. The van der Waals surface area contributed by atoms with E-state index in [1.165, 1.54) is 19.1 Å². The van der Waals surface area contributed by atoms with Crippen LogP contribution in [-0.2, 0) is 4.79 Å². The van der Waals surface area contributed by atoms with Gasteiger partial charge in [-0.25, -0.2) is 4.79 Å². The molecule has 0 spiro atoms. The first-order valence-corrected chi connectivity index (χ1v) is 4.68. The van der Waals surface area contributed by atoms with Crippen molar-refractivity contribution in [2.45, 2.75) is 13.0 Å². The van der Waals surface area contributed by atoms with Crippen molar-refractivity contribution in [3.05, 3.63) is 28.2 Å². The van der Waals surface area contributed by atoms with Gasteiger partial charge in [0, 0.05) is 10.0 Å². The Morgan fingerprint density at radius 3 is 2.29 bits per heavy atom. The Labute approximate surface area is 91.7 Å². The van der Waals surface area contributed by atoms with E-state index >= 15 is 0 Å². The van der Waals surface area contributed by atoms with Crippen LogP contribution in [0, 0.1) is 0 Å². The fourth-order valence-electron chi connectivity index (χ4n) is 0.797. The summed E-state index contributed by atoms with van der Waals surface area (Å²) in [6.45, 7) is 1.54. The van der Waals surface area contributed by atoms with Crippen molar-refractivity contribution < 1.29 is 9.53 Å². The van der Waals surface area contributed by atoms with Crippen molar-refractivity contribution in [2.24, 2.45) is 5.73 Å². The molecule has 0 amide bonds. The summed E-state index contributed by atoms with van der Waals surface area (Å²) in [5.41, 5.74) is 5.32. The number of nitrogens with two attached hydrogens (primary N) is 1. The maximum atomic E-state index is 11.1. The summed E-state index contributed by atoms with van der Waals surface area (Å²) in [5, 5.41) is 0.815. The molecule has 0 aromatic heterocycles. The molecule has 0 aliphatic rings. The Bertz CT molecular complexity index is 332. The lowest BCUT2D eigenvalue weighted by Gasteiger charge is -2.07. The molecular weight excluding hydrogens is 225 g/mol. The number of hydrogen-bond donors (Lipinski definition) is 1. The summed E-state index contributed by atoms with van der Waals surface area (Å²) in [4.78, 5) is 11.1. The lowest BCUT2D eigenvalue weighted by Crippen LogP contribution is -2.30. The summed E-state index contributed by atoms with van der Waals surface area (Å²) in [6.07, 6.45) is 0. The Balaban J connectivity index is 2.82. The topological polar surface area (TPSA) is 52.3 Å². The maximum Gasteiger partial charge on any atom is 0.328 e. The number of carbonyl (C=O) groups excluding carboxylic acids is 1. The summed E-state index contributed by atoms with van der Waals surface area (Å²) < 4.78 is 4.90. The predicted molar refractivity (Wildman–Crippen MR) is 55.7 cm³/mol. The van der Waals surface area contributed by atoms with Crippen LogP contribution in [0.3, 0.4) is 0 Å². The van der Waals surface area contributed by atoms with E-state index in [0.717, 1.165) is 0 Å². The molecule has 1 atom stereocenters. The highest BCUT2D eigenvalue weighted by molar-refractivity contribution is 6.34. The highest BCUT2D eigenvalue weighted by Crippen LogP contribution is 2.24. The zero-order valence-electron chi connectivity index (χ0n) is 7.46. The lowest BCUT2D eigenvalue weighted by molar-refractivity contribution is -0.135. The minimum atomic E-state index is -0.673. The smallest absolute Gasteiger partial charge is 0.328 e. The first kappa shape index (κ1) is 11.3. The second kappa shape index (κ2) is 4.64. The molecule has 2 N–H and O–H groups in total. The minimum Gasteiger partial charge on any atom is -0.425 e. The van der Waals surface area contributed by atoms with E-state index in [4.69, 9.17) is 33.7 Å². The molecule has 0 aliphatic carbocycles. The van der Waals surface area contributed by atoms with Gasteiger partial charge in [-0.05, 0) is 25.1 Å². The number of carbonyl (C=O) groups is 1. The van der Waals surface area contributed by atoms with Crippen molar-refractivity contribution in [3.63, 3.8) is 0 Å². The Hall–Kier alpha value is -0.770. The standard InChI is InChI=1S/C9H9Cl2NO2/c1-5(12)9(13)14-8-3-6(10)2-7(11)4-8/h2-5H,12H2,1H3. The molecule has 14 heavy (non-hydrogen) atoms. The molecule has 0 saturated heterocycles. The lowest BCUT2D eigenvalue weighted by atomic mass is 10.3. The monoisotopic (exact) mass is 233 g/mol. The third kappa shape index (κ3) is 3.18. The molecule has 1 aromatic rings. The van der Waals surface area contributed by atoms with Gasteiger partial charge in [-0.3, -0.25) is 0 Å². The molecule has 0 radical (unpaired) electrons. The minimum absolute atomic E-state index is 0.296. The van der Waals surface area contributed by atoms with Crippen molar-refractivity contribution in [2.75, 3.05) is 0 Å². The Kier molecular flexibility index (Phi) is 3.75. The van der Waals surface area contributed by atoms with Gasteiger partial charge in [0.2, 0.25) is 0 Å². The normalized spacial score (nSPS) is 12.3. The van der Waals surface area contributed by atoms with Gasteiger partial charge in [-0.2, -0.15) is 0 Å². The zero-order chi connectivity index (χ0) is 10.7.